The predicted molar refractivity (Wildman–Crippen MR) is 66.3 cm³/mol. The van der Waals surface area contributed by atoms with E-state index in [1.54, 1.807) is 6.92 Å². The maximum absolute atomic E-state index is 12.3. The third-order valence-corrected chi connectivity index (χ3v) is 4.12. The Morgan fingerprint density at radius 1 is 1.42 bits per heavy atom. The number of aliphatic hydroxyl groups is 1. The fourth-order valence-electron chi connectivity index (χ4n) is 3.34. The van der Waals surface area contributed by atoms with Gasteiger partial charge < -0.3 is 14.5 Å². The van der Waals surface area contributed by atoms with E-state index in [0.717, 1.165) is 25.7 Å². The number of hydrogen-bond acceptors (Lipinski definition) is 5. The van der Waals surface area contributed by atoms with Gasteiger partial charge in [0.25, 0.3) is 0 Å². The van der Waals surface area contributed by atoms with Crippen molar-refractivity contribution in [2.45, 2.75) is 63.6 Å². The van der Waals surface area contributed by atoms with Crippen LogP contribution in [-0.2, 0) is 11.2 Å². The predicted octanol–water partition coefficient (Wildman–Crippen LogP) is 0.825. The second kappa shape index (κ2) is 4.92. The molecule has 2 bridgehead atoms. The molecule has 6 heteroatoms. The fraction of sp³-hybridized carbons (Fsp3) is 0.769. The average Bonchev–Trinajstić information content (AvgIpc) is 2.89. The highest BCUT2D eigenvalue weighted by molar-refractivity contribution is 5.77. The van der Waals surface area contributed by atoms with Gasteiger partial charge in [0.05, 0.1) is 6.10 Å². The van der Waals surface area contributed by atoms with E-state index in [1.807, 2.05) is 4.90 Å². The topological polar surface area (TPSA) is 79.5 Å². The summed E-state index contributed by atoms with van der Waals surface area (Å²) in [6, 6.07) is 0.455. The first-order valence-corrected chi connectivity index (χ1v) is 6.92. The smallest absolute Gasteiger partial charge is 0.227 e. The lowest BCUT2D eigenvalue weighted by molar-refractivity contribution is -0.137. The third kappa shape index (κ3) is 2.49. The second-order valence-corrected chi connectivity index (χ2v) is 5.55. The fourth-order valence-corrected chi connectivity index (χ4v) is 3.34. The normalized spacial score (nSPS) is 29.8. The molecular formula is C13H19N3O3. The number of amides is 1. The number of piperidine rings is 1. The number of aromatic nitrogens is 2. The molecule has 0 saturated carbocycles. The number of nitrogens with zero attached hydrogens (tertiary/aromatic N) is 3. The van der Waals surface area contributed by atoms with Crippen molar-refractivity contribution in [2.75, 3.05) is 0 Å². The van der Waals surface area contributed by atoms with Gasteiger partial charge in [-0.05, 0) is 32.6 Å². The highest BCUT2D eigenvalue weighted by Gasteiger charge is 2.42. The monoisotopic (exact) mass is 265 g/mol. The van der Waals surface area contributed by atoms with Gasteiger partial charge in [0, 0.05) is 24.9 Å². The molecule has 0 spiro atoms. The van der Waals surface area contributed by atoms with E-state index in [9.17, 15) is 9.90 Å². The number of rotatable bonds is 3. The Morgan fingerprint density at radius 3 is 2.68 bits per heavy atom. The highest BCUT2D eigenvalue weighted by Crippen LogP contribution is 2.36. The van der Waals surface area contributed by atoms with Crippen LogP contribution in [0.25, 0.3) is 0 Å². The van der Waals surface area contributed by atoms with Crippen molar-refractivity contribution in [1.82, 2.24) is 15.0 Å². The van der Waals surface area contributed by atoms with E-state index in [4.69, 9.17) is 4.52 Å². The Morgan fingerprint density at radius 2 is 2.11 bits per heavy atom. The molecule has 1 N–H and O–H groups in total. The van der Waals surface area contributed by atoms with Gasteiger partial charge in [-0.25, -0.2) is 0 Å². The quantitative estimate of drug-likeness (QED) is 0.875. The summed E-state index contributed by atoms with van der Waals surface area (Å²) in [5, 5.41) is 13.4. The maximum Gasteiger partial charge on any atom is 0.227 e. The van der Waals surface area contributed by atoms with Crippen LogP contribution >= 0.6 is 0 Å². The Bertz CT molecular complexity index is 459. The molecule has 6 nitrogen and oxygen atoms in total. The number of aliphatic hydroxyl groups excluding tert-OH is 1. The van der Waals surface area contributed by atoms with Crippen molar-refractivity contribution in [3.63, 3.8) is 0 Å². The minimum atomic E-state index is -0.236. The molecule has 2 atom stereocenters. The first-order chi connectivity index (χ1) is 9.13. The van der Waals surface area contributed by atoms with Crippen LogP contribution in [0.3, 0.4) is 0 Å². The van der Waals surface area contributed by atoms with E-state index >= 15 is 0 Å². The van der Waals surface area contributed by atoms with Gasteiger partial charge >= 0.3 is 0 Å². The van der Waals surface area contributed by atoms with E-state index in [2.05, 4.69) is 10.1 Å². The summed E-state index contributed by atoms with van der Waals surface area (Å²) in [7, 11) is 0. The number of fused-ring (bicyclic) bond motifs is 2. The number of hydrogen-bond donors (Lipinski definition) is 1. The first-order valence-electron chi connectivity index (χ1n) is 6.92. The summed E-state index contributed by atoms with van der Waals surface area (Å²) in [6.07, 6.45) is 4.16. The van der Waals surface area contributed by atoms with E-state index in [0.29, 0.717) is 24.6 Å². The summed E-state index contributed by atoms with van der Waals surface area (Å²) in [6.45, 7) is 1.76. The molecule has 1 aromatic heterocycles. The Hall–Kier alpha value is -1.43. The van der Waals surface area contributed by atoms with Crippen molar-refractivity contribution in [1.29, 1.82) is 0 Å². The van der Waals surface area contributed by atoms with Crippen molar-refractivity contribution >= 4 is 5.91 Å². The van der Waals surface area contributed by atoms with Crippen molar-refractivity contribution in [3.8, 4) is 0 Å². The standard InChI is InChI=1S/C13H19N3O3/c1-8-14-12(19-15-8)4-5-13(18)16-9-2-3-10(16)7-11(17)6-9/h9-11,17H,2-7H2,1H3. The lowest BCUT2D eigenvalue weighted by Crippen LogP contribution is -2.48. The molecule has 1 amide bonds. The zero-order chi connectivity index (χ0) is 13.4. The molecule has 3 heterocycles. The average molecular weight is 265 g/mol. The Kier molecular flexibility index (Phi) is 3.26. The lowest BCUT2D eigenvalue weighted by atomic mass is 9.99. The van der Waals surface area contributed by atoms with E-state index in [1.165, 1.54) is 0 Å². The first kappa shape index (κ1) is 12.6. The Balaban J connectivity index is 1.59. The summed E-state index contributed by atoms with van der Waals surface area (Å²) in [5.41, 5.74) is 0. The van der Waals surface area contributed by atoms with Crippen LogP contribution in [0.15, 0.2) is 4.52 Å². The van der Waals surface area contributed by atoms with Gasteiger partial charge in [0.1, 0.15) is 0 Å². The Labute approximate surface area is 111 Å². The van der Waals surface area contributed by atoms with E-state index in [-0.39, 0.29) is 24.1 Å². The molecule has 2 saturated heterocycles. The molecule has 2 unspecified atom stereocenters. The van der Waals surface area contributed by atoms with Crippen LogP contribution in [0.1, 0.15) is 43.8 Å². The minimum Gasteiger partial charge on any atom is -0.393 e. The second-order valence-electron chi connectivity index (χ2n) is 5.55. The van der Waals surface area contributed by atoms with Crippen LogP contribution in [0.2, 0.25) is 0 Å². The lowest BCUT2D eigenvalue weighted by Gasteiger charge is -2.37. The van der Waals surface area contributed by atoms with Crippen LogP contribution in [0, 0.1) is 6.92 Å². The van der Waals surface area contributed by atoms with Gasteiger partial charge in [0.2, 0.25) is 11.8 Å². The van der Waals surface area contributed by atoms with Gasteiger partial charge in [-0.1, -0.05) is 5.16 Å². The van der Waals surface area contributed by atoms with Crippen molar-refractivity contribution in [3.05, 3.63) is 11.7 Å². The molecule has 104 valence electrons. The molecule has 0 aliphatic carbocycles. The number of carbonyl (C=O) groups is 1. The highest BCUT2D eigenvalue weighted by atomic mass is 16.5. The van der Waals surface area contributed by atoms with Gasteiger partial charge in [-0.3, -0.25) is 4.79 Å². The number of carbonyl (C=O) groups excluding carboxylic acids is 1. The van der Waals surface area contributed by atoms with Crippen LogP contribution in [-0.4, -0.2) is 44.2 Å². The van der Waals surface area contributed by atoms with Crippen LogP contribution < -0.4 is 0 Å². The van der Waals surface area contributed by atoms with Crippen LogP contribution in [0.5, 0.6) is 0 Å². The van der Waals surface area contributed by atoms with Gasteiger partial charge in [0.15, 0.2) is 5.82 Å². The molecule has 3 rings (SSSR count). The molecule has 1 aromatic rings. The minimum absolute atomic E-state index is 0.148. The summed E-state index contributed by atoms with van der Waals surface area (Å²) < 4.78 is 5.02. The third-order valence-electron chi connectivity index (χ3n) is 4.12. The number of aryl methyl sites for hydroxylation is 2. The SMILES string of the molecule is Cc1noc(CCC(=O)N2C3CCC2CC(O)C3)n1. The van der Waals surface area contributed by atoms with E-state index < -0.39 is 0 Å². The molecular weight excluding hydrogens is 246 g/mol. The molecule has 0 radical (unpaired) electrons. The summed E-state index contributed by atoms with van der Waals surface area (Å²) in [4.78, 5) is 18.4. The van der Waals surface area contributed by atoms with Gasteiger partial charge in [-0.15, -0.1) is 0 Å². The molecule has 2 aliphatic rings. The largest absolute Gasteiger partial charge is 0.393 e. The zero-order valence-corrected chi connectivity index (χ0v) is 11.1. The van der Waals surface area contributed by atoms with Crippen molar-refractivity contribution < 1.29 is 14.4 Å². The molecule has 2 aliphatic heterocycles. The summed E-state index contributed by atoms with van der Waals surface area (Å²) >= 11 is 0. The molecule has 0 aromatic carbocycles. The zero-order valence-electron chi connectivity index (χ0n) is 11.1. The molecule has 19 heavy (non-hydrogen) atoms. The summed E-state index contributed by atoms with van der Waals surface area (Å²) in [5.74, 6) is 1.27. The van der Waals surface area contributed by atoms with Crippen LogP contribution in [0.4, 0.5) is 0 Å². The molecule has 2 fully saturated rings. The van der Waals surface area contributed by atoms with Gasteiger partial charge in [-0.2, -0.15) is 4.98 Å². The van der Waals surface area contributed by atoms with Crippen molar-refractivity contribution in [2.24, 2.45) is 0 Å². The maximum atomic E-state index is 12.3.